The quantitative estimate of drug-likeness (QED) is 0.492. The van der Waals surface area contributed by atoms with Crippen molar-refractivity contribution < 1.29 is 4.84 Å². The zero-order valence-electron chi connectivity index (χ0n) is 5.11. The van der Waals surface area contributed by atoms with Crippen molar-refractivity contribution in [3.8, 4) is 0 Å². The highest BCUT2D eigenvalue weighted by Crippen LogP contribution is 2.03. The highest BCUT2D eigenvalue weighted by Gasteiger charge is 2.12. The average molecular weight is 116 g/mol. The van der Waals surface area contributed by atoms with Crippen LogP contribution in [0, 0.1) is 0 Å². The highest BCUT2D eigenvalue weighted by atomic mass is 16.7. The van der Waals surface area contributed by atoms with Crippen LogP contribution in [0.15, 0.2) is 0 Å². The predicted octanol–water partition coefficient (Wildman–Crippen LogP) is -0.153. The Morgan fingerprint density at radius 1 is 1.75 bits per heavy atom. The standard InChI is InChI=1S/C5H12N2O/c1-6-8-5-3-2-4-7-5/h5-7H,2-4H2,1H3. The van der Waals surface area contributed by atoms with Crippen LogP contribution in [0.25, 0.3) is 0 Å². The Balaban J connectivity index is 2.06. The van der Waals surface area contributed by atoms with Crippen molar-refractivity contribution in [1.29, 1.82) is 0 Å². The van der Waals surface area contributed by atoms with Gasteiger partial charge in [-0.25, -0.2) is 5.48 Å². The third-order valence-electron chi connectivity index (χ3n) is 1.28. The van der Waals surface area contributed by atoms with Crippen LogP contribution >= 0.6 is 0 Å². The third kappa shape index (κ3) is 1.43. The lowest BCUT2D eigenvalue weighted by Crippen LogP contribution is -2.29. The molecular formula is C5H12N2O. The molecule has 0 aromatic heterocycles. The van der Waals surface area contributed by atoms with Crippen molar-refractivity contribution in [3.63, 3.8) is 0 Å². The minimum Gasteiger partial charge on any atom is -0.290 e. The smallest absolute Gasteiger partial charge is 0.129 e. The van der Waals surface area contributed by atoms with Gasteiger partial charge in [-0.15, -0.1) is 0 Å². The van der Waals surface area contributed by atoms with Crippen LogP contribution < -0.4 is 10.8 Å². The molecule has 1 aliphatic rings. The predicted molar refractivity (Wildman–Crippen MR) is 31.2 cm³/mol. The molecule has 1 heterocycles. The van der Waals surface area contributed by atoms with Gasteiger partial charge in [0, 0.05) is 7.05 Å². The van der Waals surface area contributed by atoms with E-state index in [-0.39, 0.29) is 6.23 Å². The summed E-state index contributed by atoms with van der Waals surface area (Å²) in [7, 11) is 1.78. The van der Waals surface area contributed by atoms with Crippen molar-refractivity contribution in [2.24, 2.45) is 0 Å². The summed E-state index contributed by atoms with van der Waals surface area (Å²) in [5.74, 6) is 0. The topological polar surface area (TPSA) is 33.3 Å². The summed E-state index contributed by atoms with van der Waals surface area (Å²) < 4.78 is 0. The van der Waals surface area contributed by atoms with Crippen molar-refractivity contribution in [2.45, 2.75) is 19.1 Å². The van der Waals surface area contributed by atoms with Gasteiger partial charge in [0.2, 0.25) is 0 Å². The fraction of sp³-hybridized carbons (Fsp3) is 1.00. The molecule has 2 N–H and O–H groups in total. The third-order valence-corrected chi connectivity index (χ3v) is 1.28. The van der Waals surface area contributed by atoms with E-state index in [1.54, 1.807) is 7.05 Å². The van der Waals surface area contributed by atoms with Crippen molar-refractivity contribution >= 4 is 0 Å². The van der Waals surface area contributed by atoms with Gasteiger partial charge in [-0.1, -0.05) is 0 Å². The summed E-state index contributed by atoms with van der Waals surface area (Å²) in [6.07, 6.45) is 2.60. The number of hydroxylamine groups is 1. The Labute approximate surface area is 49.4 Å². The van der Waals surface area contributed by atoms with Gasteiger partial charge < -0.3 is 0 Å². The van der Waals surface area contributed by atoms with Crippen LogP contribution in [0.5, 0.6) is 0 Å². The number of rotatable bonds is 2. The lowest BCUT2D eigenvalue weighted by molar-refractivity contribution is -0.0196. The Bertz CT molecular complexity index is 61.4. The molecule has 1 aliphatic heterocycles. The second kappa shape index (κ2) is 3.02. The summed E-state index contributed by atoms with van der Waals surface area (Å²) >= 11 is 0. The zero-order chi connectivity index (χ0) is 5.82. The maximum atomic E-state index is 5.04. The van der Waals surface area contributed by atoms with E-state index in [1.807, 2.05) is 0 Å². The van der Waals surface area contributed by atoms with Crippen LogP contribution in [0.2, 0.25) is 0 Å². The molecule has 1 fully saturated rings. The lowest BCUT2D eigenvalue weighted by Gasteiger charge is -2.07. The largest absolute Gasteiger partial charge is 0.290 e. The molecule has 0 radical (unpaired) electrons. The van der Waals surface area contributed by atoms with Gasteiger partial charge in [-0.05, 0) is 19.4 Å². The van der Waals surface area contributed by atoms with Gasteiger partial charge in [0.05, 0.1) is 0 Å². The molecule has 1 saturated heterocycles. The van der Waals surface area contributed by atoms with Crippen LogP contribution in [0.3, 0.4) is 0 Å². The van der Waals surface area contributed by atoms with Crippen LogP contribution in [0.1, 0.15) is 12.8 Å². The Kier molecular flexibility index (Phi) is 2.27. The first-order chi connectivity index (χ1) is 3.93. The first kappa shape index (κ1) is 6.01. The van der Waals surface area contributed by atoms with E-state index in [0.29, 0.717) is 0 Å². The number of hydrogen-bond donors (Lipinski definition) is 2. The molecule has 0 spiro atoms. The summed E-state index contributed by atoms with van der Waals surface area (Å²) in [5.41, 5.74) is 2.65. The molecule has 3 heteroatoms. The number of nitrogens with one attached hydrogen (secondary N) is 2. The number of hydrogen-bond acceptors (Lipinski definition) is 3. The molecule has 0 saturated carbocycles. The molecule has 1 rings (SSSR count). The second-order valence-electron chi connectivity index (χ2n) is 1.91. The second-order valence-corrected chi connectivity index (χ2v) is 1.91. The molecular weight excluding hydrogens is 104 g/mol. The van der Waals surface area contributed by atoms with E-state index in [2.05, 4.69) is 10.8 Å². The molecule has 0 bridgehead atoms. The average Bonchev–Trinajstić information content (AvgIpc) is 2.19. The summed E-state index contributed by atoms with van der Waals surface area (Å²) in [4.78, 5) is 5.04. The zero-order valence-corrected chi connectivity index (χ0v) is 5.11. The Morgan fingerprint density at radius 2 is 2.62 bits per heavy atom. The summed E-state index contributed by atoms with van der Waals surface area (Å²) in [6, 6.07) is 0. The molecule has 0 aromatic rings. The van der Waals surface area contributed by atoms with Gasteiger partial charge in [-0.3, -0.25) is 10.2 Å². The van der Waals surface area contributed by atoms with Gasteiger partial charge >= 0.3 is 0 Å². The summed E-state index contributed by atoms with van der Waals surface area (Å²) in [6.45, 7) is 1.09. The first-order valence-electron chi connectivity index (χ1n) is 2.99. The summed E-state index contributed by atoms with van der Waals surface area (Å²) in [5, 5.41) is 3.17. The van der Waals surface area contributed by atoms with E-state index in [1.165, 1.54) is 6.42 Å². The molecule has 8 heavy (non-hydrogen) atoms. The monoisotopic (exact) mass is 116 g/mol. The van der Waals surface area contributed by atoms with Gasteiger partial charge in [0.1, 0.15) is 6.23 Å². The molecule has 0 aliphatic carbocycles. The van der Waals surface area contributed by atoms with E-state index >= 15 is 0 Å². The van der Waals surface area contributed by atoms with Crippen molar-refractivity contribution in [2.75, 3.05) is 13.6 Å². The minimum atomic E-state index is 0.250. The lowest BCUT2D eigenvalue weighted by atomic mass is 10.4. The Hall–Kier alpha value is -0.120. The van der Waals surface area contributed by atoms with E-state index < -0.39 is 0 Å². The van der Waals surface area contributed by atoms with Gasteiger partial charge in [0.15, 0.2) is 0 Å². The van der Waals surface area contributed by atoms with Gasteiger partial charge in [0.25, 0.3) is 0 Å². The molecule has 1 unspecified atom stereocenters. The van der Waals surface area contributed by atoms with Crippen LogP contribution in [-0.4, -0.2) is 19.8 Å². The van der Waals surface area contributed by atoms with Crippen molar-refractivity contribution in [3.05, 3.63) is 0 Å². The van der Waals surface area contributed by atoms with E-state index in [4.69, 9.17) is 4.84 Å². The fourth-order valence-corrected chi connectivity index (χ4v) is 0.895. The molecule has 3 nitrogen and oxygen atoms in total. The maximum absolute atomic E-state index is 5.04. The molecule has 0 amide bonds. The minimum absolute atomic E-state index is 0.250. The first-order valence-corrected chi connectivity index (χ1v) is 2.99. The SMILES string of the molecule is CNOC1CCCN1. The Morgan fingerprint density at radius 3 is 3.12 bits per heavy atom. The van der Waals surface area contributed by atoms with E-state index in [9.17, 15) is 0 Å². The molecule has 0 aromatic carbocycles. The molecule has 48 valence electrons. The van der Waals surface area contributed by atoms with Gasteiger partial charge in [-0.2, -0.15) is 0 Å². The van der Waals surface area contributed by atoms with Crippen molar-refractivity contribution in [1.82, 2.24) is 10.8 Å². The highest BCUT2D eigenvalue weighted by molar-refractivity contribution is 4.63. The molecule has 1 atom stereocenters. The maximum Gasteiger partial charge on any atom is 0.129 e. The fourth-order valence-electron chi connectivity index (χ4n) is 0.895. The van der Waals surface area contributed by atoms with Crippen LogP contribution in [-0.2, 0) is 4.84 Å². The van der Waals surface area contributed by atoms with Crippen LogP contribution in [0.4, 0.5) is 0 Å². The van der Waals surface area contributed by atoms with E-state index in [0.717, 1.165) is 13.0 Å². The normalized spacial score (nSPS) is 28.9.